The number of nitrogens with one attached hydrogen (secondary N) is 1. The van der Waals surface area contributed by atoms with Gasteiger partial charge in [0.25, 0.3) is 0 Å². The molecule has 1 rings (SSSR count). The summed E-state index contributed by atoms with van der Waals surface area (Å²) in [4.78, 5) is 18.7. The zero-order valence-corrected chi connectivity index (χ0v) is 9.66. The van der Waals surface area contributed by atoms with Gasteiger partial charge in [-0.2, -0.15) is 0 Å². The lowest BCUT2D eigenvalue weighted by Gasteiger charge is -2.18. The minimum absolute atomic E-state index is 0.140. The van der Waals surface area contributed by atoms with E-state index in [1.165, 1.54) is 0 Å². The van der Waals surface area contributed by atoms with Crippen LogP contribution in [-0.2, 0) is 0 Å². The van der Waals surface area contributed by atoms with Gasteiger partial charge in [0.1, 0.15) is 0 Å². The van der Waals surface area contributed by atoms with Crippen molar-refractivity contribution in [3.63, 3.8) is 0 Å². The van der Waals surface area contributed by atoms with E-state index in [2.05, 4.69) is 9.88 Å². The van der Waals surface area contributed by atoms with Gasteiger partial charge >= 0.3 is 0 Å². The highest BCUT2D eigenvalue weighted by molar-refractivity contribution is 5.95. The van der Waals surface area contributed by atoms with E-state index in [1.807, 2.05) is 38.2 Å². The summed E-state index contributed by atoms with van der Waals surface area (Å²) in [6.07, 6.45) is 1.77. The second kappa shape index (κ2) is 5.68. The molecule has 0 fully saturated rings. The Morgan fingerprint density at radius 3 is 2.60 bits per heavy atom. The fourth-order valence-corrected chi connectivity index (χ4v) is 1.28. The standard InChI is InChI=1S/C11H19N3O/c1-13(2)7-8-14(3)9-11(15)10-5-4-6-12-10/h4-6,12H,7-9H2,1-3H3. The summed E-state index contributed by atoms with van der Waals surface area (Å²) in [6.45, 7) is 2.34. The molecule has 0 saturated heterocycles. The van der Waals surface area contributed by atoms with Gasteiger partial charge in [0.15, 0.2) is 5.78 Å². The lowest BCUT2D eigenvalue weighted by atomic mass is 10.3. The number of hydrogen-bond acceptors (Lipinski definition) is 3. The summed E-state index contributed by atoms with van der Waals surface area (Å²) in [5.74, 6) is 0.140. The van der Waals surface area contributed by atoms with E-state index in [1.54, 1.807) is 6.20 Å². The molecule has 0 unspecified atom stereocenters. The second-order valence-corrected chi connectivity index (χ2v) is 4.05. The molecule has 15 heavy (non-hydrogen) atoms. The number of aromatic nitrogens is 1. The normalized spacial score (nSPS) is 11.3. The number of H-pyrrole nitrogens is 1. The van der Waals surface area contributed by atoms with E-state index in [9.17, 15) is 4.79 Å². The van der Waals surface area contributed by atoms with Crippen LogP contribution in [0.3, 0.4) is 0 Å². The van der Waals surface area contributed by atoms with Crippen LogP contribution in [0.15, 0.2) is 18.3 Å². The van der Waals surface area contributed by atoms with Crippen molar-refractivity contribution >= 4 is 5.78 Å². The van der Waals surface area contributed by atoms with Crippen molar-refractivity contribution in [3.05, 3.63) is 24.0 Å². The first-order valence-electron chi connectivity index (χ1n) is 5.09. The molecule has 84 valence electrons. The molecule has 1 heterocycles. The molecule has 0 radical (unpaired) electrons. The molecule has 0 aliphatic rings. The van der Waals surface area contributed by atoms with E-state index < -0.39 is 0 Å². The third kappa shape index (κ3) is 4.27. The quantitative estimate of drug-likeness (QED) is 0.701. The third-order valence-corrected chi connectivity index (χ3v) is 2.24. The minimum Gasteiger partial charge on any atom is -0.359 e. The number of rotatable bonds is 6. The molecule has 0 atom stereocenters. The lowest BCUT2D eigenvalue weighted by Crippen LogP contribution is -2.32. The number of nitrogens with zero attached hydrogens (tertiary/aromatic N) is 2. The summed E-state index contributed by atoms with van der Waals surface area (Å²) in [5, 5.41) is 0. The Kier molecular flexibility index (Phi) is 4.52. The third-order valence-electron chi connectivity index (χ3n) is 2.24. The first-order chi connectivity index (χ1) is 7.09. The molecule has 0 amide bonds. The van der Waals surface area contributed by atoms with Crippen LogP contribution in [0.5, 0.6) is 0 Å². The maximum atomic E-state index is 11.7. The molecule has 0 bridgehead atoms. The van der Waals surface area contributed by atoms with Gasteiger partial charge in [-0.05, 0) is 33.3 Å². The van der Waals surface area contributed by atoms with Gasteiger partial charge in [0.2, 0.25) is 0 Å². The predicted octanol–water partition coefficient (Wildman–Crippen LogP) is 0.691. The van der Waals surface area contributed by atoms with Crippen molar-refractivity contribution in [1.82, 2.24) is 14.8 Å². The first kappa shape index (κ1) is 11.9. The van der Waals surface area contributed by atoms with Gasteiger partial charge < -0.3 is 9.88 Å². The van der Waals surface area contributed by atoms with Crippen molar-refractivity contribution < 1.29 is 4.79 Å². The van der Waals surface area contributed by atoms with E-state index in [0.717, 1.165) is 13.1 Å². The molecule has 4 nitrogen and oxygen atoms in total. The number of aromatic amines is 1. The van der Waals surface area contributed by atoms with Crippen molar-refractivity contribution in [2.45, 2.75) is 0 Å². The molecule has 1 aromatic rings. The minimum atomic E-state index is 0.140. The Balaban J connectivity index is 2.32. The number of likely N-dealkylation sites (N-methyl/N-ethyl adjacent to an activating group) is 2. The Morgan fingerprint density at radius 1 is 1.33 bits per heavy atom. The average Bonchev–Trinajstić information content (AvgIpc) is 2.67. The summed E-state index contributed by atoms with van der Waals surface area (Å²) in [7, 11) is 6.02. The van der Waals surface area contributed by atoms with E-state index in [-0.39, 0.29) is 5.78 Å². The van der Waals surface area contributed by atoms with Gasteiger partial charge in [0, 0.05) is 19.3 Å². The van der Waals surface area contributed by atoms with E-state index in [0.29, 0.717) is 12.2 Å². The monoisotopic (exact) mass is 209 g/mol. The van der Waals surface area contributed by atoms with Crippen molar-refractivity contribution in [1.29, 1.82) is 0 Å². The molecule has 0 saturated carbocycles. The van der Waals surface area contributed by atoms with Gasteiger partial charge in [-0.25, -0.2) is 0 Å². The van der Waals surface area contributed by atoms with Crippen molar-refractivity contribution in [2.24, 2.45) is 0 Å². The first-order valence-corrected chi connectivity index (χ1v) is 5.09. The van der Waals surface area contributed by atoms with Crippen molar-refractivity contribution in [3.8, 4) is 0 Å². The van der Waals surface area contributed by atoms with Crippen LogP contribution in [0.4, 0.5) is 0 Å². The summed E-state index contributed by atoms with van der Waals surface area (Å²) in [5.41, 5.74) is 0.687. The number of ketones is 1. The SMILES string of the molecule is CN(C)CCN(C)CC(=O)c1ccc[nH]1. The van der Waals surface area contributed by atoms with Crippen LogP contribution < -0.4 is 0 Å². The van der Waals surface area contributed by atoms with Crippen LogP contribution in [-0.4, -0.2) is 61.3 Å². The smallest absolute Gasteiger partial charge is 0.192 e. The summed E-state index contributed by atoms with van der Waals surface area (Å²) < 4.78 is 0. The predicted molar refractivity (Wildman–Crippen MR) is 61.2 cm³/mol. The largest absolute Gasteiger partial charge is 0.359 e. The van der Waals surface area contributed by atoms with Gasteiger partial charge in [-0.3, -0.25) is 9.69 Å². The maximum absolute atomic E-state index is 11.7. The van der Waals surface area contributed by atoms with E-state index >= 15 is 0 Å². The number of Topliss-reactive ketones (excluding diaryl/α,β-unsaturated/α-hetero) is 1. The molecule has 0 aliphatic heterocycles. The number of carbonyl (C=O) groups is 1. The van der Waals surface area contributed by atoms with Crippen LogP contribution in [0, 0.1) is 0 Å². The van der Waals surface area contributed by atoms with Crippen LogP contribution in [0.2, 0.25) is 0 Å². The van der Waals surface area contributed by atoms with Gasteiger partial charge in [0.05, 0.1) is 12.2 Å². The Bertz CT molecular complexity index is 293. The summed E-state index contributed by atoms with van der Waals surface area (Å²) >= 11 is 0. The fourth-order valence-electron chi connectivity index (χ4n) is 1.28. The Labute approximate surface area is 90.9 Å². The maximum Gasteiger partial charge on any atom is 0.192 e. The Hall–Kier alpha value is -1.13. The molecule has 0 spiro atoms. The van der Waals surface area contributed by atoms with Gasteiger partial charge in [-0.1, -0.05) is 0 Å². The molecule has 1 aromatic heterocycles. The van der Waals surface area contributed by atoms with Crippen LogP contribution in [0.1, 0.15) is 10.5 Å². The molecular formula is C11H19N3O. The molecule has 0 aromatic carbocycles. The van der Waals surface area contributed by atoms with Crippen molar-refractivity contribution in [2.75, 3.05) is 40.8 Å². The molecular weight excluding hydrogens is 190 g/mol. The number of carbonyl (C=O) groups excluding carboxylic acids is 1. The summed E-state index contributed by atoms with van der Waals surface area (Å²) in [6, 6.07) is 3.65. The topological polar surface area (TPSA) is 39.3 Å². The second-order valence-electron chi connectivity index (χ2n) is 4.05. The fraction of sp³-hybridized carbons (Fsp3) is 0.545. The van der Waals surface area contributed by atoms with Crippen LogP contribution in [0.25, 0.3) is 0 Å². The molecule has 0 aliphatic carbocycles. The average molecular weight is 209 g/mol. The highest BCUT2D eigenvalue weighted by atomic mass is 16.1. The zero-order valence-electron chi connectivity index (χ0n) is 9.66. The van der Waals surface area contributed by atoms with Crippen LogP contribution >= 0.6 is 0 Å². The lowest BCUT2D eigenvalue weighted by molar-refractivity contribution is 0.0938. The molecule has 4 heteroatoms. The highest BCUT2D eigenvalue weighted by Gasteiger charge is 2.09. The number of hydrogen-bond donors (Lipinski definition) is 1. The zero-order chi connectivity index (χ0) is 11.3. The Morgan fingerprint density at radius 2 is 2.07 bits per heavy atom. The highest BCUT2D eigenvalue weighted by Crippen LogP contribution is 1.97. The molecule has 1 N–H and O–H groups in total. The van der Waals surface area contributed by atoms with Gasteiger partial charge in [-0.15, -0.1) is 0 Å². The van der Waals surface area contributed by atoms with E-state index in [4.69, 9.17) is 0 Å².